The second-order valence-corrected chi connectivity index (χ2v) is 10.0. The molecule has 1 amide bonds. The molecule has 4 aliphatic carbocycles. The fourth-order valence-corrected chi connectivity index (χ4v) is 6.95. The van der Waals surface area contributed by atoms with Crippen molar-refractivity contribution in [3.8, 4) is 0 Å². The van der Waals surface area contributed by atoms with E-state index >= 15 is 0 Å². The second kappa shape index (κ2) is 7.04. The highest BCUT2D eigenvalue weighted by molar-refractivity contribution is 5.90. The van der Waals surface area contributed by atoms with Gasteiger partial charge in [-0.2, -0.15) is 0 Å². The van der Waals surface area contributed by atoms with E-state index in [0.717, 1.165) is 23.4 Å². The third kappa shape index (κ3) is 3.27. The van der Waals surface area contributed by atoms with Crippen molar-refractivity contribution in [3.05, 3.63) is 70.8 Å². The van der Waals surface area contributed by atoms with Gasteiger partial charge < -0.3 is 5.32 Å². The largest absolute Gasteiger partial charge is 0.325 e. The van der Waals surface area contributed by atoms with E-state index in [0.29, 0.717) is 16.3 Å². The zero-order chi connectivity index (χ0) is 21.0. The average molecular weight is 414 g/mol. The van der Waals surface area contributed by atoms with E-state index < -0.39 is 0 Å². The highest BCUT2D eigenvalue weighted by Crippen LogP contribution is 2.60. The van der Waals surface area contributed by atoms with Crippen molar-refractivity contribution in [3.63, 3.8) is 0 Å². The van der Waals surface area contributed by atoms with E-state index in [9.17, 15) is 9.59 Å². The molecule has 4 fully saturated rings. The molecule has 4 aliphatic rings. The molecular weight excluding hydrogens is 386 g/mol. The number of amides is 1. The molecule has 5 nitrogen and oxygen atoms in total. The fourth-order valence-electron chi connectivity index (χ4n) is 6.95. The number of carbonyl (C=O) groups is 1. The number of rotatable bonds is 4. The molecule has 31 heavy (non-hydrogen) atoms. The van der Waals surface area contributed by atoms with Crippen LogP contribution in [0.4, 0.5) is 5.69 Å². The minimum absolute atomic E-state index is 0.0482. The summed E-state index contributed by atoms with van der Waals surface area (Å²) in [5.74, 6) is 2.53. The smallest absolute Gasteiger partial charge is 0.261 e. The first-order valence-corrected chi connectivity index (χ1v) is 11.4. The fraction of sp³-hybridized carbons (Fsp3) is 0.423. The third-order valence-corrected chi connectivity index (χ3v) is 7.86. The van der Waals surface area contributed by atoms with E-state index in [1.807, 2.05) is 18.2 Å². The number of nitrogens with zero attached hydrogens (tertiary/aromatic N) is 2. The maximum absolute atomic E-state index is 12.6. The zero-order valence-corrected chi connectivity index (χ0v) is 17.6. The molecule has 0 atom stereocenters. The van der Waals surface area contributed by atoms with Crippen LogP contribution < -0.4 is 10.9 Å². The van der Waals surface area contributed by atoms with Gasteiger partial charge in [-0.15, -0.1) is 0 Å². The normalized spacial score (nSPS) is 28.7. The summed E-state index contributed by atoms with van der Waals surface area (Å²) < 4.78 is 1.36. The van der Waals surface area contributed by atoms with Crippen LogP contribution in [0.1, 0.15) is 44.1 Å². The van der Waals surface area contributed by atoms with Crippen molar-refractivity contribution in [2.24, 2.45) is 17.8 Å². The standard InChI is InChI=1S/C26H27N3O2/c30-24(15-29-16-27-23-4-2-1-3-22(23)25(29)31)28-21-7-5-20(6-8-21)26-12-17-9-18(13-26)11-19(10-17)14-26/h1-8,16-19H,9-15H2,(H,28,30). The first-order chi connectivity index (χ1) is 15.1. The van der Waals surface area contributed by atoms with Gasteiger partial charge in [0.05, 0.1) is 17.2 Å². The highest BCUT2D eigenvalue weighted by Gasteiger charge is 2.51. The Morgan fingerprint density at radius 1 is 0.968 bits per heavy atom. The maximum atomic E-state index is 12.6. The molecule has 0 spiro atoms. The summed E-state index contributed by atoms with van der Waals surface area (Å²) in [4.78, 5) is 29.5. The quantitative estimate of drug-likeness (QED) is 0.685. The minimum atomic E-state index is -0.221. The van der Waals surface area contributed by atoms with Crippen molar-refractivity contribution < 1.29 is 4.79 Å². The molecule has 3 aromatic rings. The average Bonchev–Trinajstić information content (AvgIpc) is 2.75. The summed E-state index contributed by atoms with van der Waals surface area (Å²) in [5.41, 5.74) is 3.03. The molecule has 0 aliphatic heterocycles. The number of fused-ring (bicyclic) bond motifs is 1. The van der Waals surface area contributed by atoms with Crippen LogP contribution >= 0.6 is 0 Å². The number of hydrogen-bond acceptors (Lipinski definition) is 3. The number of hydrogen-bond donors (Lipinski definition) is 1. The monoisotopic (exact) mass is 413 g/mol. The molecule has 7 rings (SSSR count). The van der Waals surface area contributed by atoms with Gasteiger partial charge in [0.1, 0.15) is 6.54 Å². The Balaban J connectivity index is 1.17. The van der Waals surface area contributed by atoms with E-state index in [1.165, 1.54) is 55.0 Å². The van der Waals surface area contributed by atoms with Crippen LogP contribution in [0.15, 0.2) is 59.7 Å². The number of anilines is 1. The number of benzene rings is 2. The van der Waals surface area contributed by atoms with Gasteiger partial charge in [0.15, 0.2) is 0 Å². The van der Waals surface area contributed by atoms with Crippen LogP contribution in [0.3, 0.4) is 0 Å². The van der Waals surface area contributed by atoms with Crippen molar-refractivity contribution in [2.75, 3.05) is 5.32 Å². The number of carbonyl (C=O) groups excluding carboxylic acids is 1. The van der Waals surface area contributed by atoms with Gasteiger partial charge in [0, 0.05) is 5.69 Å². The first kappa shape index (κ1) is 18.8. The van der Waals surface area contributed by atoms with Gasteiger partial charge in [0.2, 0.25) is 5.91 Å². The summed E-state index contributed by atoms with van der Waals surface area (Å²) in [6.45, 7) is -0.0482. The zero-order valence-electron chi connectivity index (χ0n) is 17.6. The predicted molar refractivity (Wildman–Crippen MR) is 121 cm³/mol. The van der Waals surface area contributed by atoms with Gasteiger partial charge in [-0.05, 0) is 91.5 Å². The molecule has 1 aromatic heterocycles. The molecule has 0 saturated heterocycles. The first-order valence-electron chi connectivity index (χ1n) is 11.4. The maximum Gasteiger partial charge on any atom is 0.261 e. The number of para-hydroxylation sites is 1. The van der Waals surface area contributed by atoms with E-state index in [1.54, 1.807) is 18.2 Å². The Kier molecular flexibility index (Phi) is 4.27. The Hall–Kier alpha value is -2.95. The lowest BCUT2D eigenvalue weighted by molar-refractivity contribution is -0.116. The van der Waals surface area contributed by atoms with E-state index in [2.05, 4.69) is 22.4 Å². The Morgan fingerprint density at radius 3 is 2.29 bits per heavy atom. The highest BCUT2D eigenvalue weighted by atomic mass is 16.2. The van der Waals surface area contributed by atoms with Gasteiger partial charge in [-0.25, -0.2) is 4.98 Å². The summed E-state index contributed by atoms with van der Waals surface area (Å²) in [7, 11) is 0. The summed E-state index contributed by atoms with van der Waals surface area (Å²) in [5, 5.41) is 3.47. The molecular formula is C26H27N3O2. The molecule has 0 unspecified atom stereocenters. The van der Waals surface area contributed by atoms with Crippen LogP contribution in [0, 0.1) is 17.8 Å². The van der Waals surface area contributed by atoms with Gasteiger partial charge in [-0.1, -0.05) is 24.3 Å². The minimum Gasteiger partial charge on any atom is -0.325 e. The summed E-state index contributed by atoms with van der Waals surface area (Å²) >= 11 is 0. The summed E-state index contributed by atoms with van der Waals surface area (Å²) in [6.07, 6.45) is 9.78. The van der Waals surface area contributed by atoms with Crippen LogP contribution in [0.5, 0.6) is 0 Å². The topological polar surface area (TPSA) is 64.0 Å². The van der Waals surface area contributed by atoms with E-state index in [4.69, 9.17) is 0 Å². The molecule has 2 aromatic carbocycles. The molecule has 1 heterocycles. The molecule has 0 radical (unpaired) electrons. The second-order valence-electron chi connectivity index (χ2n) is 10.0. The Morgan fingerprint density at radius 2 is 1.61 bits per heavy atom. The van der Waals surface area contributed by atoms with E-state index in [-0.39, 0.29) is 18.0 Å². The number of aromatic nitrogens is 2. The van der Waals surface area contributed by atoms with Crippen LogP contribution in [-0.2, 0) is 16.8 Å². The lowest BCUT2D eigenvalue weighted by Crippen LogP contribution is -2.48. The van der Waals surface area contributed by atoms with Crippen LogP contribution in [0.25, 0.3) is 10.9 Å². The van der Waals surface area contributed by atoms with Crippen molar-refractivity contribution in [1.82, 2.24) is 9.55 Å². The molecule has 1 N–H and O–H groups in total. The molecule has 4 saturated carbocycles. The van der Waals surface area contributed by atoms with Gasteiger partial charge in [0.25, 0.3) is 5.56 Å². The SMILES string of the molecule is O=C(Cn1cnc2ccccc2c1=O)Nc1ccc(C23CC4CC(CC(C4)C2)C3)cc1. The number of nitrogens with one attached hydrogen (secondary N) is 1. The Bertz CT molecular complexity index is 1180. The van der Waals surface area contributed by atoms with Crippen molar-refractivity contribution >= 4 is 22.5 Å². The molecule has 5 heteroatoms. The van der Waals surface area contributed by atoms with Crippen LogP contribution in [-0.4, -0.2) is 15.5 Å². The Labute approximate surface area is 181 Å². The predicted octanol–water partition coefficient (Wildman–Crippen LogP) is 4.50. The molecule has 158 valence electrons. The van der Waals surface area contributed by atoms with Crippen molar-refractivity contribution in [1.29, 1.82) is 0 Å². The lowest BCUT2D eigenvalue weighted by Gasteiger charge is -2.57. The van der Waals surface area contributed by atoms with Crippen molar-refractivity contribution in [2.45, 2.75) is 50.5 Å². The van der Waals surface area contributed by atoms with Crippen LogP contribution in [0.2, 0.25) is 0 Å². The molecule has 4 bridgehead atoms. The van der Waals surface area contributed by atoms with Gasteiger partial charge >= 0.3 is 0 Å². The third-order valence-electron chi connectivity index (χ3n) is 7.86. The summed E-state index contributed by atoms with van der Waals surface area (Å²) in [6, 6.07) is 15.7. The van der Waals surface area contributed by atoms with Gasteiger partial charge in [-0.3, -0.25) is 14.2 Å². The lowest BCUT2D eigenvalue weighted by atomic mass is 9.48.